The maximum absolute atomic E-state index is 13.4. The third kappa shape index (κ3) is 3.64. The lowest BCUT2D eigenvalue weighted by Crippen LogP contribution is -2.25. The summed E-state index contributed by atoms with van der Waals surface area (Å²) in [7, 11) is 1.58. The molecule has 0 bridgehead atoms. The van der Waals surface area contributed by atoms with Crippen molar-refractivity contribution in [1.29, 1.82) is 0 Å². The number of ether oxygens (including phenoxy) is 1. The molecule has 0 radical (unpaired) electrons. The SMILES string of the molecule is COCCn1c(SCC(=O)c2cccc(F)c2)nc2sc3c(c2c1=O)CCC3. The Kier molecular flexibility index (Phi) is 5.61. The number of thioether (sulfide) groups is 1. The molecule has 5 nitrogen and oxygen atoms in total. The Balaban J connectivity index is 1.67. The Bertz CT molecular complexity index is 1110. The van der Waals surface area contributed by atoms with Crippen LogP contribution in [-0.2, 0) is 24.1 Å². The second-order valence-electron chi connectivity index (χ2n) is 6.60. The van der Waals surface area contributed by atoms with Crippen molar-refractivity contribution >= 4 is 39.1 Å². The van der Waals surface area contributed by atoms with Gasteiger partial charge in [0.15, 0.2) is 10.9 Å². The van der Waals surface area contributed by atoms with Gasteiger partial charge >= 0.3 is 0 Å². The fraction of sp³-hybridized carbons (Fsp3) is 0.350. The average Bonchev–Trinajstić information content (AvgIpc) is 3.26. The van der Waals surface area contributed by atoms with Crippen LogP contribution in [0.4, 0.5) is 4.39 Å². The van der Waals surface area contributed by atoms with Crippen molar-refractivity contribution < 1.29 is 13.9 Å². The van der Waals surface area contributed by atoms with Gasteiger partial charge in [-0.2, -0.15) is 0 Å². The van der Waals surface area contributed by atoms with Crippen LogP contribution in [0.1, 0.15) is 27.2 Å². The summed E-state index contributed by atoms with van der Waals surface area (Å²) >= 11 is 2.78. The lowest BCUT2D eigenvalue weighted by Gasteiger charge is -2.11. The van der Waals surface area contributed by atoms with Gasteiger partial charge in [-0.15, -0.1) is 11.3 Å². The van der Waals surface area contributed by atoms with Crippen molar-refractivity contribution in [2.45, 2.75) is 31.0 Å². The summed E-state index contributed by atoms with van der Waals surface area (Å²) in [5.41, 5.74) is 1.38. The molecular weight excluding hydrogens is 399 g/mol. The van der Waals surface area contributed by atoms with Crippen LogP contribution in [0, 0.1) is 5.82 Å². The van der Waals surface area contributed by atoms with E-state index in [-0.39, 0.29) is 17.1 Å². The first kappa shape index (κ1) is 19.3. The van der Waals surface area contributed by atoms with Crippen molar-refractivity contribution in [2.75, 3.05) is 19.5 Å². The number of fused-ring (bicyclic) bond motifs is 3. The van der Waals surface area contributed by atoms with Gasteiger partial charge in [0.1, 0.15) is 10.6 Å². The molecule has 3 aromatic rings. The van der Waals surface area contributed by atoms with Gasteiger partial charge in [0.25, 0.3) is 5.56 Å². The predicted molar refractivity (Wildman–Crippen MR) is 109 cm³/mol. The number of carbonyl (C=O) groups excluding carboxylic acids is 1. The van der Waals surface area contributed by atoms with Crippen molar-refractivity contribution in [2.24, 2.45) is 0 Å². The Labute approximate surface area is 169 Å². The van der Waals surface area contributed by atoms with E-state index < -0.39 is 5.82 Å². The van der Waals surface area contributed by atoms with Crippen molar-refractivity contribution in [3.8, 4) is 0 Å². The number of ketones is 1. The molecule has 146 valence electrons. The molecule has 28 heavy (non-hydrogen) atoms. The Morgan fingerprint density at radius 3 is 3.04 bits per heavy atom. The molecule has 1 aromatic carbocycles. The van der Waals surface area contributed by atoms with Crippen LogP contribution in [0.25, 0.3) is 10.2 Å². The van der Waals surface area contributed by atoms with Crippen LogP contribution in [0.5, 0.6) is 0 Å². The molecule has 1 aliphatic carbocycles. The van der Waals surface area contributed by atoms with E-state index in [1.165, 1.54) is 34.8 Å². The average molecular weight is 419 g/mol. The van der Waals surface area contributed by atoms with Crippen LogP contribution in [0.15, 0.2) is 34.2 Å². The van der Waals surface area contributed by atoms with Crippen LogP contribution in [0.2, 0.25) is 0 Å². The zero-order chi connectivity index (χ0) is 19.7. The van der Waals surface area contributed by atoms with Crippen LogP contribution < -0.4 is 5.56 Å². The number of thiophene rings is 1. The number of carbonyl (C=O) groups is 1. The van der Waals surface area contributed by atoms with E-state index >= 15 is 0 Å². The maximum Gasteiger partial charge on any atom is 0.263 e. The Morgan fingerprint density at radius 1 is 1.39 bits per heavy atom. The standard InChI is InChI=1S/C20H19FN2O3S2/c1-26-9-8-23-19(25)17-14-6-3-7-16(14)28-18(17)22-20(23)27-11-15(24)12-4-2-5-13(21)10-12/h2,4-5,10H,3,6-9,11H2,1H3. The van der Waals surface area contributed by atoms with Gasteiger partial charge in [0, 0.05) is 17.6 Å². The largest absolute Gasteiger partial charge is 0.383 e. The summed E-state index contributed by atoms with van der Waals surface area (Å²) in [6.45, 7) is 0.754. The second kappa shape index (κ2) is 8.14. The van der Waals surface area contributed by atoms with E-state index in [2.05, 4.69) is 0 Å². The molecule has 0 N–H and O–H groups in total. The van der Waals surface area contributed by atoms with Gasteiger partial charge in [-0.25, -0.2) is 9.37 Å². The van der Waals surface area contributed by atoms with Gasteiger partial charge < -0.3 is 4.74 Å². The molecule has 0 saturated heterocycles. The van der Waals surface area contributed by atoms with Gasteiger partial charge in [0.2, 0.25) is 0 Å². The number of methoxy groups -OCH3 is 1. The number of hydrogen-bond acceptors (Lipinski definition) is 6. The van der Waals surface area contributed by atoms with Crippen LogP contribution >= 0.6 is 23.1 Å². The van der Waals surface area contributed by atoms with E-state index in [0.29, 0.717) is 23.9 Å². The smallest absolute Gasteiger partial charge is 0.263 e. The van der Waals surface area contributed by atoms with Crippen molar-refractivity contribution in [3.63, 3.8) is 0 Å². The highest BCUT2D eigenvalue weighted by molar-refractivity contribution is 7.99. The number of nitrogens with zero attached hydrogens (tertiary/aromatic N) is 2. The number of rotatable bonds is 7. The Hall–Kier alpha value is -2.03. The summed E-state index contributed by atoms with van der Waals surface area (Å²) in [5, 5.41) is 1.22. The van der Waals surface area contributed by atoms with Gasteiger partial charge in [-0.05, 0) is 37.0 Å². The minimum atomic E-state index is -0.444. The number of halogens is 1. The second-order valence-corrected chi connectivity index (χ2v) is 8.63. The minimum absolute atomic E-state index is 0.0674. The maximum atomic E-state index is 13.4. The quantitative estimate of drug-likeness (QED) is 0.333. The lowest BCUT2D eigenvalue weighted by atomic mass is 10.1. The first-order chi connectivity index (χ1) is 13.6. The monoisotopic (exact) mass is 418 g/mol. The van der Waals surface area contributed by atoms with Gasteiger partial charge in [-0.3, -0.25) is 14.2 Å². The van der Waals surface area contributed by atoms with Crippen LogP contribution in [0.3, 0.4) is 0 Å². The molecule has 0 aliphatic heterocycles. The molecular formula is C20H19FN2O3S2. The zero-order valence-electron chi connectivity index (χ0n) is 15.4. The summed E-state index contributed by atoms with van der Waals surface area (Å²) in [4.78, 5) is 32.3. The predicted octanol–water partition coefficient (Wildman–Crippen LogP) is 3.71. The molecule has 4 rings (SSSR count). The molecule has 0 amide bonds. The van der Waals surface area contributed by atoms with E-state index in [1.807, 2.05) is 0 Å². The summed E-state index contributed by atoms with van der Waals surface area (Å²) < 4.78 is 20.1. The normalized spacial score (nSPS) is 13.2. The third-order valence-corrected chi connectivity index (χ3v) is 6.95. The topological polar surface area (TPSA) is 61.2 Å². The molecule has 0 unspecified atom stereocenters. The molecule has 0 atom stereocenters. The van der Waals surface area contributed by atoms with E-state index in [0.717, 1.165) is 35.0 Å². The number of Topliss-reactive ketones (excluding diaryl/α,β-unsaturated/α-hetero) is 1. The van der Waals surface area contributed by atoms with Gasteiger partial charge in [0.05, 0.1) is 24.3 Å². The van der Waals surface area contributed by atoms with Gasteiger partial charge in [-0.1, -0.05) is 23.9 Å². The summed E-state index contributed by atoms with van der Waals surface area (Å²) in [6, 6.07) is 5.63. The van der Waals surface area contributed by atoms with E-state index in [4.69, 9.17) is 9.72 Å². The highest BCUT2D eigenvalue weighted by Gasteiger charge is 2.23. The fourth-order valence-electron chi connectivity index (χ4n) is 3.42. The number of aryl methyl sites for hydroxylation is 2. The van der Waals surface area contributed by atoms with E-state index in [9.17, 15) is 14.0 Å². The first-order valence-electron chi connectivity index (χ1n) is 9.04. The minimum Gasteiger partial charge on any atom is -0.383 e. The van der Waals surface area contributed by atoms with Crippen LogP contribution in [-0.4, -0.2) is 34.8 Å². The molecule has 0 fully saturated rings. The third-order valence-electron chi connectivity index (χ3n) is 4.79. The Morgan fingerprint density at radius 2 is 2.25 bits per heavy atom. The number of aromatic nitrogens is 2. The number of hydrogen-bond donors (Lipinski definition) is 0. The molecule has 2 aromatic heterocycles. The molecule has 0 saturated carbocycles. The highest BCUT2D eigenvalue weighted by Crippen LogP contribution is 2.35. The van der Waals surface area contributed by atoms with E-state index in [1.54, 1.807) is 29.1 Å². The zero-order valence-corrected chi connectivity index (χ0v) is 17.0. The summed E-state index contributed by atoms with van der Waals surface area (Å²) in [6.07, 6.45) is 2.99. The highest BCUT2D eigenvalue weighted by atomic mass is 32.2. The number of benzene rings is 1. The summed E-state index contributed by atoms with van der Waals surface area (Å²) in [5.74, 6) is -0.564. The van der Waals surface area contributed by atoms with Crippen molar-refractivity contribution in [1.82, 2.24) is 9.55 Å². The first-order valence-corrected chi connectivity index (χ1v) is 10.8. The van der Waals surface area contributed by atoms with Crippen molar-refractivity contribution in [3.05, 3.63) is 56.4 Å². The molecule has 0 spiro atoms. The molecule has 8 heteroatoms. The molecule has 2 heterocycles. The molecule has 1 aliphatic rings. The lowest BCUT2D eigenvalue weighted by molar-refractivity contribution is 0.102. The fourth-order valence-corrected chi connectivity index (χ4v) is 5.65.